The van der Waals surface area contributed by atoms with Gasteiger partial charge in [-0.1, -0.05) is 18.8 Å². The summed E-state index contributed by atoms with van der Waals surface area (Å²) in [5.41, 5.74) is -1.47. The van der Waals surface area contributed by atoms with Crippen LogP contribution in [0.5, 0.6) is 0 Å². The van der Waals surface area contributed by atoms with E-state index in [9.17, 15) is 17.6 Å². The lowest BCUT2D eigenvalue weighted by Crippen LogP contribution is -2.27. The summed E-state index contributed by atoms with van der Waals surface area (Å²) in [6, 6.07) is 0. The van der Waals surface area contributed by atoms with Gasteiger partial charge in [0.2, 0.25) is 0 Å². The number of unbranched alkanes of at least 4 members (excludes halogenated alkanes) is 1. The van der Waals surface area contributed by atoms with Crippen LogP contribution in [0.25, 0.3) is 0 Å². The molecule has 0 radical (unpaired) electrons. The Balaban J connectivity index is 2.13. The van der Waals surface area contributed by atoms with E-state index in [0.717, 1.165) is 6.42 Å². The van der Waals surface area contributed by atoms with Crippen molar-refractivity contribution in [2.24, 2.45) is 5.92 Å². The normalized spacial score (nSPS) is 29.9. The van der Waals surface area contributed by atoms with Crippen molar-refractivity contribution >= 4 is 0 Å². The fourth-order valence-electron chi connectivity index (χ4n) is 2.33. The smallest absolute Gasteiger partial charge is 0.230 e. The molecule has 0 N–H and O–H groups in total. The van der Waals surface area contributed by atoms with Gasteiger partial charge in [-0.25, -0.2) is 4.39 Å². The van der Waals surface area contributed by atoms with E-state index in [4.69, 9.17) is 6.42 Å². The molecule has 0 spiro atoms. The van der Waals surface area contributed by atoms with Crippen LogP contribution in [0.1, 0.15) is 51.4 Å². The SMILES string of the molecule is C#CC1(F)CCC(CCCCC(F)(F)F)CC1. The summed E-state index contributed by atoms with van der Waals surface area (Å²) in [6.45, 7) is 0. The summed E-state index contributed by atoms with van der Waals surface area (Å²) in [5.74, 6) is 2.52. The van der Waals surface area contributed by atoms with Gasteiger partial charge in [0, 0.05) is 6.42 Å². The number of rotatable bonds is 4. The Hall–Kier alpha value is -0.720. The Bertz CT molecular complexity index is 266. The average Bonchev–Trinajstić information content (AvgIpc) is 2.26. The van der Waals surface area contributed by atoms with Crippen LogP contribution in [0.4, 0.5) is 17.6 Å². The minimum atomic E-state index is -4.05. The molecule has 0 heterocycles. The first-order valence-electron chi connectivity index (χ1n) is 6.08. The molecule has 1 rings (SSSR count). The molecule has 0 aromatic carbocycles. The lowest BCUT2D eigenvalue weighted by Gasteiger charge is -2.30. The van der Waals surface area contributed by atoms with E-state index in [1.54, 1.807) is 0 Å². The molecule has 0 aromatic heterocycles. The fraction of sp³-hybridized carbons (Fsp3) is 0.846. The number of hydrogen-bond acceptors (Lipinski definition) is 0. The van der Waals surface area contributed by atoms with Crippen LogP contribution in [-0.2, 0) is 0 Å². The molecule has 0 atom stereocenters. The number of terminal acetylenes is 1. The van der Waals surface area contributed by atoms with Crippen molar-refractivity contribution in [3.63, 3.8) is 0 Å². The highest BCUT2D eigenvalue weighted by molar-refractivity contribution is 5.09. The van der Waals surface area contributed by atoms with Gasteiger partial charge in [-0.2, -0.15) is 13.2 Å². The summed E-state index contributed by atoms with van der Waals surface area (Å²) in [4.78, 5) is 0. The zero-order valence-corrected chi connectivity index (χ0v) is 9.82. The molecule has 0 aliphatic heterocycles. The molecule has 0 unspecified atom stereocenters. The fourth-order valence-corrected chi connectivity index (χ4v) is 2.33. The topological polar surface area (TPSA) is 0 Å². The molecule has 4 heteroatoms. The van der Waals surface area contributed by atoms with E-state index in [2.05, 4.69) is 5.92 Å². The van der Waals surface area contributed by atoms with Gasteiger partial charge in [0.05, 0.1) is 0 Å². The first kappa shape index (κ1) is 14.3. The standard InChI is InChI=1S/C13H18F4/c1-2-12(14)9-6-11(7-10-12)5-3-4-8-13(15,16)17/h1,11H,3-10H2. The van der Waals surface area contributed by atoms with Crippen LogP contribution < -0.4 is 0 Å². The average molecular weight is 250 g/mol. The van der Waals surface area contributed by atoms with E-state index in [1.807, 2.05) is 0 Å². The van der Waals surface area contributed by atoms with Gasteiger partial charge in [-0.15, -0.1) is 6.42 Å². The molecule has 1 aliphatic carbocycles. The Morgan fingerprint density at radius 2 is 1.76 bits per heavy atom. The highest BCUT2D eigenvalue weighted by Gasteiger charge is 2.33. The highest BCUT2D eigenvalue weighted by Crippen LogP contribution is 2.37. The van der Waals surface area contributed by atoms with Crippen LogP contribution in [0.3, 0.4) is 0 Å². The van der Waals surface area contributed by atoms with E-state index in [-0.39, 0.29) is 6.42 Å². The third-order valence-electron chi connectivity index (χ3n) is 3.48. The zero-order chi connectivity index (χ0) is 12.9. The predicted molar refractivity (Wildman–Crippen MR) is 59.2 cm³/mol. The van der Waals surface area contributed by atoms with Gasteiger partial charge in [0.1, 0.15) is 0 Å². The van der Waals surface area contributed by atoms with Gasteiger partial charge in [-0.05, 0) is 38.0 Å². The summed E-state index contributed by atoms with van der Waals surface area (Å²) >= 11 is 0. The molecule has 0 amide bonds. The summed E-state index contributed by atoms with van der Waals surface area (Å²) in [7, 11) is 0. The molecule has 0 aromatic rings. The second-order valence-electron chi connectivity index (χ2n) is 4.91. The van der Waals surface area contributed by atoms with Crippen LogP contribution in [0.2, 0.25) is 0 Å². The maximum atomic E-state index is 13.6. The molecule has 98 valence electrons. The van der Waals surface area contributed by atoms with Gasteiger partial charge in [0.25, 0.3) is 0 Å². The third kappa shape index (κ3) is 5.43. The molecule has 0 bridgehead atoms. The Kier molecular flexibility index (Phi) is 4.85. The largest absolute Gasteiger partial charge is 0.389 e. The first-order chi connectivity index (χ1) is 7.85. The highest BCUT2D eigenvalue weighted by atomic mass is 19.4. The Labute approximate surface area is 99.8 Å². The molecule has 17 heavy (non-hydrogen) atoms. The Morgan fingerprint density at radius 3 is 2.24 bits per heavy atom. The van der Waals surface area contributed by atoms with E-state index < -0.39 is 18.3 Å². The molecule has 1 fully saturated rings. The van der Waals surface area contributed by atoms with Crippen LogP contribution >= 0.6 is 0 Å². The lowest BCUT2D eigenvalue weighted by molar-refractivity contribution is -0.135. The lowest BCUT2D eigenvalue weighted by atomic mass is 9.78. The van der Waals surface area contributed by atoms with Gasteiger partial charge >= 0.3 is 6.18 Å². The number of alkyl halides is 4. The summed E-state index contributed by atoms with van der Waals surface area (Å²) in [6.07, 6.45) is 3.96. The predicted octanol–water partition coefficient (Wildman–Crippen LogP) is 4.64. The molecular formula is C13H18F4. The zero-order valence-electron chi connectivity index (χ0n) is 9.82. The third-order valence-corrected chi connectivity index (χ3v) is 3.48. The second kappa shape index (κ2) is 5.75. The van der Waals surface area contributed by atoms with Crippen molar-refractivity contribution in [2.75, 3.05) is 0 Å². The second-order valence-corrected chi connectivity index (χ2v) is 4.91. The number of halogens is 4. The van der Waals surface area contributed by atoms with Crippen LogP contribution in [0, 0.1) is 18.3 Å². The molecule has 0 saturated heterocycles. The molecule has 1 saturated carbocycles. The van der Waals surface area contributed by atoms with Crippen molar-refractivity contribution in [1.82, 2.24) is 0 Å². The summed E-state index contributed by atoms with van der Waals surface area (Å²) in [5, 5.41) is 0. The minimum Gasteiger partial charge on any atom is -0.230 e. The van der Waals surface area contributed by atoms with Gasteiger partial charge in [-0.3, -0.25) is 0 Å². The number of hydrogen-bond donors (Lipinski definition) is 0. The van der Waals surface area contributed by atoms with Crippen molar-refractivity contribution in [3.05, 3.63) is 0 Å². The molecular weight excluding hydrogens is 232 g/mol. The van der Waals surface area contributed by atoms with Gasteiger partial charge < -0.3 is 0 Å². The van der Waals surface area contributed by atoms with Crippen LogP contribution in [0.15, 0.2) is 0 Å². The minimum absolute atomic E-state index is 0.176. The van der Waals surface area contributed by atoms with E-state index in [1.165, 1.54) is 0 Å². The maximum Gasteiger partial charge on any atom is 0.389 e. The van der Waals surface area contributed by atoms with E-state index >= 15 is 0 Å². The summed E-state index contributed by atoms with van der Waals surface area (Å²) < 4.78 is 49.3. The Morgan fingerprint density at radius 1 is 1.18 bits per heavy atom. The van der Waals surface area contributed by atoms with Crippen molar-refractivity contribution in [3.8, 4) is 12.3 Å². The van der Waals surface area contributed by atoms with Crippen molar-refractivity contribution < 1.29 is 17.6 Å². The van der Waals surface area contributed by atoms with E-state index in [0.29, 0.717) is 38.0 Å². The quantitative estimate of drug-likeness (QED) is 0.387. The van der Waals surface area contributed by atoms with Crippen molar-refractivity contribution in [1.29, 1.82) is 0 Å². The maximum absolute atomic E-state index is 13.6. The van der Waals surface area contributed by atoms with Gasteiger partial charge in [0.15, 0.2) is 5.67 Å². The van der Waals surface area contributed by atoms with Crippen molar-refractivity contribution in [2.45, 2.75) is 63.2 Å². The van der Waals surface area contributed by atoms with Crippen LogP contribution in [-0.4, -0.2) is 11.8 Å². The monoisotopic (exact) mass is 250 g/mol. The molecule has 1 aliphatic rings. The molecule has 0 nitrogen and oxygen atoms in total. The first-order valence-corrected chi connectivity index (χ1v) is 6.08.